The van der Waals surface area contributed by atoms with Gasteiger partial charge in [0.2, 0.25) is 0 Å². The van der Waals surface area contributed by atoms with E-state index in [4.69, 9.17) is 4.98 Å². The van der Waals surface area contributed by atoms with E-state index in [2.05, 4.69) is 134 Å². The maximum absolute atomic E-state index is 5.12. The van der Waals surface area contributed by atoms with Gasteiger partial charge in [-0.2, -0.15) is 0 Å². The highest BCUT2D eigenvalue weighted by Crippen LogP contribution is 2.39. The molecule has 0 unspecified atom stereocenters. The van der Waals surface area contributed by atoms with Crippen molar-refractivity contribution in [2.24, 2.45) is 0 Å². The van der Waals surface area contributed by atoms with Gasteiger partial charge in [0.05, 0.1) is 27.6 Å². The van der Waals surface area contributed by atoms with Gasteiger partial charge in [0.25, 0.3) is 0 Å². The van der Waals surface area contributed by atoms with E-state index in [1.165, 1.54) is 38.1 Å². The van der Waals surface area contributed by atoms with Crippen LogP contribution in [0.25, 0.3) is 65.8 Å². The van der Waals surface area contributed by atoms with Crippen molar-refractivity contribution in [1.29, 1.82) is 0 Å². The van der Waals surface area contributed by atoms with E-state index in [0.29, 0.717) is 0 Å². The van der Waals surface area contributed by atoms with Crippen molar-refractivity contribution in [2.75, 3.05) is 0 Å². The molecule has 0 amide bonds. The van der Waals surface area contributed by atoms with Gasteiger partial charge in [-0.05, 0) is 66.0 Å². The largest absolute Gasteiger partial charge is 0.309 e. The minimum absolute atomic E-state index is 0.995. The molecule has 0 aliphatic rings. The Hall–Kier alpha value is -4.15. The molecule has 3 aromatic heterocycles. The summed E-state index contributed by atoms with van der Waals surface area (Å²) in [6, 6.07) is 39.0. The van der Waals surface area contributed by atoms with E-state index in [-0.39, 0.29) is 0 Å². The van der Waals surface area contributed by atoms with Crippen LogP contribution in [0.3, 0.4) is 0 Å². The van der Waals surface area contributed by atoms with Crippen molar-refractivity contribution in [2.45, 2.75) is 0 Å². The summed E-state index contributed by atoms with van der Waals surface area (Å²) in [4.78, 5) is 5.12. The Bertz CT molecular complexity index is 2110. The Morgan fingerprint density at radius 1 is 0.514 bits per heavy atom. The summed E-state index contributed by atoms with van der Waals surface area (Å²) in [7, 11) is 0. The minimum Gasteiger partial charge on any atom is -0.309 e. The molecule has 0 saturated carbocycles. The average Bonchev–Trinajstić information content (AvgIpc) is 3.45. The van der Waals surface area contributed by atoms with E-state index in [0.717, 1.165) is 32.2 Å². The quantitative estimate of drug-likeness (QED) is 0.202. The van der Waals surface area contributed by atoms with Crippen LogP contribution in [0.1, 0.15) is 0 Å². The predicted molar refractivity (Wildman–Crippen MR) is 150 cm³/mol. The van der Waals surface area contributed by atoms with Crippen molar-refractivity contribution in [3.05, 3.63) is 114 Å². The number of imidazole rings is 1. The zero-order valence-corrected chi connectivity index (χ0v) is 20.2. The van der Waals surface area contributed by atoms with Crippen LogP contribution in [0.2, 0.25) is 0 Å². The smallest absolute Gasteiger partial charge is 0.146 e. The molecule has 0 atom stereocenters. The highest BCUT2D eigenvalue weighted by molar-refractivity contribution is 9.10. The topological polar surface area (TPSA) is 22.2 Å². The van der Waals surface area contributed by atoms with Crippen LogP contribution in [0, 0.1) is 0 Å². The standard InChI is InChI=1S/C31H18BrN3/c32-19-13-15-20(16-14-19)34-27-10-4-2-8-22(27)24-17-23-21-7-1-5-11-28(21)35-29-12-6-3-9-26(29)33-31(35)25(23)18-30(24)34/h1-18H. The predicted octanol–water partition coefficient (Wildman–Crippen LogP) is 8.65. The molecule has 164 valence electrons. The molecule has 5 aromatic carbocycles. The number of para-hydroxylation sites is 4. The molecule has 3 nitrogen and oxygen atoms in total. The number of benzene rings is 5. The van der Waals surface area contributed by atoms with Gasteiger partial charge in [-0.25, -0.2) is 4.98 Å². The van der Waals surface area contributed by atoms with Gasteiger partial charge in [-0.3, -0.25) is 4.40 Å². The number of aromatic nitrogens is 3. The number of nitrogens with zero attached hydrogens (tertiary/aromatic N) is 3. The van der Waals surface area contributed by atoms with Gasteiger partial charge in [0, 0.05) is 31.7 Å². The Balaban J connectivity index is 1.65. The van der Waals surface area contributed by atoms with Gasteiger partial charge in [-0.15, -0.1) is 0 Å². The van der Waals surface area contributed by atoms with E-state index >= 15 is 0 Å². The molecular formula is C31H18BrN3. The SMILES string of the molecule is Brc1ccc(-n2c3ccccc3c3cc4c5ccccc5n5c6ccccc6nc5c4cc32)cc1. The molecule has 0 N–H and O–H groups in total. The second-order valence-corrected chi connectivity index (χ2v) is 9.94. The first-order chi connectivity index (χ1) is 17.3. The Kier molecular flexibility index (Phi) is 3.80. The van der Waals surface area contributed by atoms with Gasteiger partial charge < -0.3 is 4.57 Å². The summed E-state index contributed by atoms with van der Waals surface area (Å²) in [5, 5.41) is 6.13. The Morgan fingerprint density at radius 3 is 1.97 bits per heavy atom. The zero-order chi connectivity index (χ0) is 23.1. The van der Waals surface area contributed by atoms with Crippen LogP contribution in [0.15, 0.2) is 114 Å². The molecule has 0 fully saturated rings. The van der Waals surface area contributed by atoms with E-state index in [1.54, 1.807) is 0 Å². The molecule has 0 aliphatic carbocycles. The molecule has 35 heavy (non-hydrogen) atoms. The lowest BCUT2D eigenvalue weighted by molar-refractivity contribution is 1.18. The molecule has 8 aromatic rings. The van der Waals surface area contributed by atoms with Gasteiger partial charge in [0.1, 0.15) is 5.65 Å². The summed E-state index contributed by atoms with van der Waals surface area (Å²) < 4.78 is 5.75. The number of hydrogen-bond donors (Lipinski definition) is 0. The summed E-state index contributed by atoms with van der Waals surface area (Å²) in [6.07, 6.45) is 0. The maximum atomic E-state index is 5.12. The molecule has 4 heteroatoms. The summed E-state index contributed by atoms with van der Waals surface area (Å²) in [5.74, 6) is 0. The Morgan fingerprint density at radius 2 is 1.17 bits per heavy atom. The average molecular weight is 512 g/mol. The summed E-state index contributed by atoms with van der Waals surface area (Å²) in [6.45, 7) is 0. The Labute approximate surface area is 209 Å². The maximum Gasteiger partial charge on any atom is 0.146 e. The van der Waals surface area contributed by atoms with Crippen molar-refractivity contribution in [3.63, 3.8) is 0 Å². The third-order valence-corrected chi connectivity index (χ3v) is 7.66. The molecule has 3 heterocycles. The van der Waals surface area contributed by atoms with Gasteiger partial charge in [0.15, 0.2) is 0 Å². The van der Waals surface area contributed by atoms with Crippen LogP contribution in [0.5, 0.6) is 0 Å². The monoisotopic (exact) mass is 511 g/mol. The lowest BCUT2D eigenvalue weighted by atomic mass is 10.0. The zero-order valence-electron chi connectivity index (χ0n) is 18.6. The van der Waals surface area contributed by atoms with E-state index in [1.807, 2.05) is 0 Å². The fourth-order valence-corrected chi connectivity index (χ4v) is 5.90. The second kappa shape index (κ2) is 6.94. The first-order valence-corrected chi connectivity index (χ1v) is 12.5. The van der Waals surface area contributed by atoms with E-state index in [9.17, 15) is 0 Å². The highest BCUT2D eigenvalue weighted by Gasteiger charge is 2.18. The van der Waals surface area contributed by atoms with E-state index < -0.39 is 0 Å². The van der Waals surface area contributed by atoms with Crippen LogP contribution < -0.4 is 0 Å². The summed E-state index contributed by atoms with van der Waals surface area (Å²) >= 11 is 3.59. The van der Waals surface area contributed by atoms with Crippen LogP contribution in [-0.2, 0) is 0 Å². The second-order valence-electron chi connectivity index (χ2n) is 9.02. The fourth-order valence-electron chi connectivity index (χ4n) is 5.64. The molecule has 0 saturated heterocycles. The van der Waals surface area contributed by atoms with Crippen LogP contribution in [-0.4, -0.2) is 14.0 Å². The minimum atomic E-state index is 0.995. The molecular weight excluding hydrogens is 494 g/mol. The van der Waals surface area contributed by atoms with Crippen molar-refractivity contribution < 1.29 is 0 Å². The van der Waals surface area contributed by atoms with Crippen molar-refractivity contribution in [3.8, 4) is 5.69 Å². The molecule has 8 rings (SSSR count). The molecule has 0 aliphatic heterocycles. The van der Waals surface area contributed by atoms with Gasteiger partial charge >= 0.3 is 0 Å². The van der Waals surface area contributed by atoms with Crippen molar-refractivity contribution >= 4 is 76.1 Å². The molecule has 0 radical (unpaired) electrons. The lowest BCUT2D eigenvalue weighted by Crippen LogP contribution is -1.95. The normalized spacial score (nSPS) is 12.1. The lowest BCUT2D eigenvalue weighted by Gasteiger charge is -2.11. The fraction of sp³-hybridized carbons (Fsp3) is 0. The number of halogens is 1. The van der Waals surface area contributed by atoms with Gasteiger partial charge in [-0.1, -0.05) is 64.5 Å². The molecule has 0 bridgehead atoms. The number of rotatable bonds is 1. The van der Waals surface area contributed by atoms with Crippen LogP contribution in [0.4, 0.5) is 0 Å². The first-order valence-electron chi connectivity index (χ1n) is 11.7. The first kappa shape index (κ1) is 19.2. The number of fused-ring (bicyclic) bond motifs is 11. The van der Waals surface area contributed by atoms with Crippen LogP contribution >= 0.6 is 15.9 Å². The summed E-state index contributed by atoms with van der Waals surface area (Å²) in [5.41, 5.74) is 7.85. The molecule has 0 spiro atoms. The third-order valence-electron chi connectivity index (χ3n) is 7.13. The third kappa shape index (κ3) is 2.57. The number of hydrogen-bond acceptors (Lipinski definition) is 1. The number of pyridine rings is 1. The van der Waals surface area contributed by atoms with Crippen molar-refractivity contribution in [1.82, 2.24) is 14.0 Å². The highest BCUT2D eigenvalue weighted by atomic mass is 79.9.